The molecule has 138 valence electrons. The molecule has 0 bridgehead atoms. The summed E-state index contributed by atoms with van der Waals surface area (Å²) < 4.78 is 1.82. The molecule has 0 spiro atoms. The van der Waals surface area contributed by atoms with Crippen molar-refractivity contribution in [3.63, 3.8) is 0 Å². The Morgan fingerprint density at radius 1 is 0.963 bits per heavy atom. The van der Waals surface area contributed by atoms with Crippen molar-refractivity contribution in [2.45, 2.75) is 44.6 Å². The molecule has 5 heteroatoms. The third kappa shape index (κ3) is 4.08. The van der Waals surface area contributed by atoms with Gasteiger partial charge in [-0.3, -0.25) is 4.79 Å². The third-order valence-corrected chi connectivity index (χ3v) is 5.09. The zero-order valence-electron chi connectivity index (χ0n) is 15.3. The molecule has 0 radical (unpaired) electrons. The summed E-state index contributed by atoms with van der Waals surface area (Å²) in [4.78, 5) is 12.6. The zero-order valence-corrected chi connectivity index (χ0v) is 15.3. The molecule has 0 unspecified atom stereocenters. The van der Waals surface area contributed by atoms with E-state index in [0.29, 0.717) is 11.7 Å². The topological polar surface area (TPSA) is 59.8 Å². The lowest BCUT2D eigenvalue weighted by molar-refractivity contribution is -0.121. The largest absolute Gasteiger partial charge is 0.353 e. The number of para-hydroxylation sites is 1. The van der Waals surface area contributed by atoms with Gasteiger partial charge in [-0.2, -0.15) is 0 Å². The van der Waals surface area contributed by atoms with Gasteiger partial charge in [0.2, 0.25) is 5.91 Å². The number of carbonyl (C=O) groups excluding carboxylic acids is 1. The van der Waals surface area contributed by atoms with Crippen LogP contribution >= 0.6 is 0 Å². The standard InChI is InChI=1S/C22H24N4O/c27-21(23-18-12-6-2-7-13-18)16-20-22(17-10-4-1-5-11-17)26(25-24-20)19-14-8-3-9-15-19/h1,3-5,8-11,14-15,18H,2,6-7,12-13,16H2,(H,23,27). The number of carbonyl (C=O) groups is 1. The van der Waals surface area contributed by atoms with Gasteiger partial charge in [0.25, 0.3) is 0 Å². The van der Waals surface area contributed by atoms with Crippen LogP contribution in [0.2, 0.25) is 0 Å². The molecule has 5 nitrogen and oxygen atoms in total. The Hall–Kier alpha value is -2.95. The minimum atomic E-state index is 0.0270. The molecule has 1 aromatic heterocycles. The number of benzene rings is 2. The quantitative estimate of drug-likeness (QED) is 0.750. The SMILES string of the molecule is O=C(Cc1nnn(-c2ccccc2)c1-c1ccccc1)NC1CCCCC1. The van der Waals surface area contributed by atoms with Crippen molar-refractivity contribution in [2.75, 3.05) is 0 Å². The van der Waals surface area contributed by atoms with Crippen LogP contribution < -0.4 is 5.32 Å². The first-order chi connectivity index (χ1) is 13.3. The molecule has 1 aliphatic rings. The Morgan fingerprint density at radius 3 is 2.33 bits per heavy atom. The average Bonchev–Trinajstić information content (AvgIpc) is 3.13. The molecule has 1 N–H and O–H groups in total. The molecule has 0 aliphatic heterocycles. The van der Waals surface area contributed by atoms with Crippen LogP contribution in [0.4, 0.5) is 0 Å². The fourth-order valence-electron chi connectivity index (χ4n) is 3.74. The first kappa shape index (κ1) is 17.5. The second-order valence-electron chi connectivity index (χ2n) is 7.08. The van der Waals surface area contributed by atoms with E-state index >= 15 is 0 Å². The molecule has 1 saturated carbocycles. The Morgan fingerprint density at radius 2 is 1.63 bits per heavy atom. The highest BCUT2D eigenvalue weighted by molar-refractivity contribution is 5.81. The van der Waals surface area contributed by atoms with E-state index in [2.05, 4.69) is 15.6 Å². The van der Waals surface area contributed by atoms with Gasteiger partial charge >= 0.3 is 0 Å². The number of aromatic nitrogens is 3. The molecule has 27 heavy (non-hydrogen) atoms. The number of hydrogen-bond acceptors (Lipinski definition) is 3. The van der Waals surface area contributed by atoms with Crippen molar-refractivity contribution >= 4 is 5.91 Å². The highest BCUT2D eigenvalue weighted by Gasteiger charge is 2.21. The van der Waals surface area contributed by atoms with Crippen molar-refractivity contribution in [2.24, 2.45) is 0 Å². The van der Waals surface area contributed by atoms with Gasteiger partial charge in [-0.05, 0) is 25.0 Å². The maximum Gasteiger partial charge on any atom is 0.226 e. The monoisotopic (exact) mass is 360 g/mol. The number of nitrogens with zero attached hydrogens (tertiary/aromatic N) is 3. The maximum absolute atomic E-state index is 12.6. The van der Waals surface area contributed by atoms with Crippen LogP contribution in [0.15, 0.2) is 60.7 Å². The molecule has 1 heterocycles. The molecule has 4 rings (SSSR count). The molecule has 2 aromatic carbocycles. The second-order valence-corrected chi connectivity index (χ2v) is 7.08. The van der Waals surface area contributed by atoms with Gasteiger partial charge in [-0.25, -0.2) is 4.68 Å². The number of amides is 1. The molecule has 3 aromatic rings. The molecule has 0 saturated heterocycles. The average molecular weight is 360 g/mol. The summed E-state index contributed by atoms with van der Waals surface area (Å²) in [6, 6.07) is 20.2. The first-order valence-electron chi connectivity index (χ1n) is 9.66. The van der Waals surface area contributed by atoms with E-state index in [-0.39, 0.29) is 12.3 Å². The molecule has 0 atom stereocenters. The van der Waals surface area contributed by atoms with Crippen LogP contribution in [-0.2, 0) is 11.2 Å². The van der Waals surface area contributed by atoms with E-state index in [9.17, 15) is 4.79 Å². The fraction of sp³-hybridized carbons (Fsp3) is 0.318. The summed E-state index contributed by atoms with van der Waals surface area (Å²) in [5.41, 5.74) is 3.52. The normalized spacial score (nSPS) is 14.8. The van der Waals surface area contributed by atoms with Crippen molar-refractivity contribution in [1.82, 2.24) is 20.3 Å². The highest BCUT2D eigenvalue weighted by Crippen LogP contribution is 2.25. The predicted octanol–water partition coefficient (Wildman–Crippen LogP) is 3.93. The molecule has 1 amide bonds. The number of rotatable bonds is 5. The van der Waals surface area contributed by atoms with Crippen LogP contribution in [0.25, 0.3) is 16.9 Å². The summed E-state index contributed by atoms with van der Waals surface area (Å²) in [6.07, 6.45) is 6.07. The van der Waals surface area contributed by atoms with Gasteiger partial charge in [0.1, 0.15) is 5.69 Å². The molecule has 1 fully saturated rings. The lowest BCUT2D eigenvalue weighted by Gasteiger charge is -2.22. The van der Waals surface area contributed by atoms with Crippen molar-refractivity contribution < 1.29 is 4.79 Å². The van der Waals surface area contributed by atoms with E-state index in [0.717, 1.165) is 29.8 Å². The van der Waals surface area contributed by atoms with E-state index in [1.807, 2.05) is 65.3 Å². The Kier molecular flexibility index (Phi) is 5.28. The van der Waals surface area contributed by atoms with Gasteiger partial charge in [-0.1, -0.05) is 73.0 Å². The predicted molar refractivity (Wildman–Crippen MR) is 106 cm³/mol. The summed E-state index contributed by atoms with van der Waals surface area (Å²) in [5.74, 6) is 0.0270. The lowest BCUT2D eigenvalue weighted by Crippen LogP contribution is -2.37. The summed E-state index contributed by atoms with van der Waals surface area (Å²) in [5, 5.41) is 11.9. The highest BCUT2D eigenvalue weighted by atomic mass is 16.1. The smallest absolute Gasteiger partial charge is 0.226 e. The van der Waals surface area contributed by atoms with Gasteiger partial charge in [-0.15, -0.1) is 5.10 Å². The molecular weight excluding hydrogens is 336 g/mol. The van der Waals surface area contributed by atoms with Crippen molar-refractivity contribution in [3.05, 3.63) is 66.4 Å². The number of nitrogens with one attached hydrogen (secondary N) is 1. The minimum Gasteiger partial charge on any atom is -0.353 e. The summed E-state index contributed by atoms with van der Waals surface area (Å²) in [7, 11) is 0. The van der Waals surface area contributed by atoms with Crippen LogP contribution in [0.1, 0.15) is 37.8 Å². The van der Waals surface area contributed by atoms with Gasteiger partial charge < -0.3 is 5.32 Å². The molecule has 1 aliphatic carbocycles. The Bertz CT molecular complexity index is 883. The first-order valence-corrected chi connectivity index (χ1v) is 9.66. The van der Waals surface area contributed by atoms with Gasteiger partial charge in [0.15, 0.2) is 0 Å². The Balaban J connectivity index is 1.62. The van der Waals surface area contributed by atoms with E-state index < -0.39 is 0 Å². The zero-order chi connectivity index (χ0) is 18.5. The second kappa shape index (κ2) is 8.16. The van der Waals surface area contributed by atoms with Crippen LogP contribution in [0.3, 0.4) is 0 Å². The van der Waals surface area contributed by atoms with Crippen LogP contribution in [0.5, 0.6) is 0 Å². The van der Waals surface area contributed by atoms with Crippen LogP contribution in [0, 0.1) is 0 Å². The van der Waals surface area contributed by atoms with E-state index in [1.54, 1.807) is 0 Å². The van der Waals surface area contributed by atoms with Gasteiger partial charge in [0, 0.05) is 11.6 Å². The Labute approximate surface area is 159 Å². The summed E-state index contributed by atoms with van der Waals surface area (Å²) >= 11 is 0. The van der Waals surface area contributed by atoms with Crippen molar-refractivity contribution in [1.29, 1.82) is 0 Å². The van der Waals surface area contributed by atoms with E-state index in [4.69, 9.17) is 0 Å². The van der Waals surface area contributed by atoms with Crippen molar-refractivity contribution in [3.8, 4) is 16.9 Å². The van der Waals surface area contributed by atoms with E-state index in [1.165, 1.54) is 19.3 Å². The number of hydrogen-bond donors (Lipinski definition) is 1. The summed E-state index contributed by atoms with van der Waals surface area (Å²) in [6.45, 7) is 0. The molecular formula is C22H24N4O. The van der Waals surface area contributed by atoms with Crippen LogP contribution in [-0.4, -0.2) is 26.9 Å². The third-order valence-electron chi connectivity index (χ3n) is 5.09. The fourth-order valence-corrected chi connectivity index (χ4v) is 3.74. The maximum atomic E-state index is 12.6. The van der Waals surface area contributed by atoms with Gasteiger partial charge in [0.05, 0.1) is 17.8 Å². The lowest BCUT2D eigenvalue weighted by atomic mass is 9.95. The minimum absolute atomic E-state index is 0.0270.